The molecule has 2 aromatic rings. The number of carbonyl (C=O) groups is 1. The molecule has 0 saturated heterocycles. The third kappa shape index (κ3) is 4.97. The zero-order valence-electron chi connectivity index (χ0n) is 12.5. The van der Waals surface area contributed by atoms with Crippen molar-refractivity contribution < 1.29 is 14.3 Å². The number of para-hydroxylation sites is 1. The molecule has 0 spiro atoms. The predicted octanol–water partition coefficient (Wildman–Crippen LogP) is 4.14. The van der Waals surface area contributed by atoms with Crippen molar-refractivity contribution in [2.24, 2.45) is 0 Å². The lowest BCUT2D eigenvalue weighted by molar-refractivity contribution is -0.118. The van der Waals surface area contributed by atoms with Gasteiger partial charge in [-0.1, -0.05) is 29.8 Å². The van der Waals surface area contributed by atoms with Crippen LogP contribution in [0.5, 0.6) is 11.5 Å². The molecule has 0 unspecified atom stereocenters. The summed E-state index contributed by atoms with van der Waals surface area (Å²) in [5.41, 5.74) is 0.658. The fourth-order valence-corrected chi connectivity index (χ4v) is 2.01. The second-order valence-corrected chi connectivity index (χ2v) is 5.37. The molecule has 1 amide bonds. The standard InChI is InChI=1S/C17H18ClNO3/c1-12(2)22-14-7-5-6-13(10-14)19-17(20)11-21-16-9-4-3-8-15(16)18/h3-10,12H,11H2,1-2H3,(H,19,20). The van der Waals surface area contributed by atoms with E-state index in [0.717, 1.165) is 0 Å². The zero-order valence-corrected chi connectivity index (χ0v) is 13.3. The molecule has 1 N–H and O–H groups in total. The molecule has 0 bridgehead atoms. The van der Waals surface area contributed by atoms with Crippen LogP contribution < -0.4 is 14.8 Å². The molecule has 2 aromatic carbocycles. The van der Waals surface area contributed by atoms with Crippen LogP contribution in [0.2, 0.25) is 5.02 Å². The van der Waals surface area contributed by atoms with Crippen LogP contribution in [-0.2, 0) is 4.79 Å². The van der Waals surface area contributed by atoms with Gasteiger partial charge in [0.25, 0.3) is 5.91 Å². The van der Waals surface area contributed by atoms with Gasteiger partial charge in [0, 0.05) is 11.8 Å². The number of benzene rings is 2. The van der Waals surface area contributed by atoms with Crippen molar-refractivity contribution in [1.29, 1.82) is 0 Å². The van der Waals surface area contributed by atoms with Crippen LogP contribution in [0.1, 0.15) is 13.8 Å². The average Bonchev–Trinajstić information content (AvgIpc) is 2.46. The van der Waals surface area contributed by atoms with Crippen molar-refractivity contribution in [3.05, 3.63) is 53.6 Å². The van der Waals surface area contributed by atoms with Crippen molar-refractivity contribution in [2.45, 2.75) is 20.0 Å². The molecular weight excluding hydrogens is 302 g/mol. The van der Waals surface area contributed by atoms with Gasteiger partial charge in [0.05, 0.1) is 11.1 Å². The Bertz CT molecular complexity index is 643. The van der Waals surface area contributed by atoms with Gasteiger partial charge in [0.2, 0.25) is 0 Å². The highest BCUT2D eigenvalue weighted by atomic mass is 35.5. The maximum absolute atomic E-state index is 11.9. The van der Waals surface area contributed by atoms with Crippen molar-refractivity contribution in [3.8, 4) is 11.5 Å². The largest absolute Gasteiger partial charge is 0.491 e. The van der Waals surface area contributed by atoms with Gasteiger partial charge in [-0.15, -0.1) is 0 Å². The maximum atomic E-state index is 11.9. The van der Waals surface area contributed by atoms with Crippen LogP contribution in [0.25, 0.3) is 0 Å². The zero-order chi connectivity index (χ0) is 15.9. The number of hydrogen-bond acceptors (Lipinski definition) is 3. The highest BCUT2D eigenvalue weighted by molar-refractivity contribution is 6.32. The summed E-state index contributed by atoms with van der Waals surface area (Å²) >= 11 is 5.96. The SMILES string of the molecule is CC(C)Oc1cccc(NC(=O)COc2ccccc2Cl)c1. The highest BCUT2D eigenvalue weighted by Crippen LogP contribution is 2.23. The van der Waals surface area contributed by atoms with E-state index in [2.05, 4.69) is 5.32 Å². The molecular formula is C17H18ClNO3. The Morgan fingerprint density at radius 3 is 2.68 bits per heavy atom. The maximum Gasteiger partial charge on any atom is 0.262 e. The Hall–Kier alpha value is -2.20. The predicted molar refractivity (Wildman–Crippen MR) is 87.8 cm³/mol. The number of halogens is 1. The first-order valence-electron chi connectivity index (χ1n) is 6.98. The number of carbonyl (C=O) groups excluding carboxylic acids is 1. The lowest BCUT2D eigenvalue weighted by Crippen LogP contribution is -2.20. The van der Waals surface area contributed by atoms with Crippen LogP contribution in [-0.4, -0.2) is 18.6 Å². The van der Waals surface area contributed by atoms with E-state index in [-0.39, 0.29) is 18.6 Å². The molecule has 0 fully saturated rings. The van der Waals surface area contributed by atoms with E-state index in [0.29, 0.717) is 22.2 Å². The summed E-state index contributed by atoms with van der Waals surface area (Å²) < 4.78 is 11.0. The summed E-state index contributed by atoms with van der Waals surface area (Å²) in [6.45, 7) is 3.78. The molecule has 0 aliphatic carbocycles. The quantitative estimate of drug-likeness (QED) is 0.870. The summed E-state index contributed by atoms with van der Waals surface area (Å²) in [6, 6.07) is 14.3. The highest BCUT2D eigenvalue weighted by Gasteiger charge is 2.07. The Morgan fingerprint density at radius 2 is 1.95 bits per heavy atom. The number of nitrogens with one attached hydrogen (secondary N) is 1. The normalized spacial score (nSPS) is 10.4. The van der Waals surface area contributed by atoms with Crippen LogP contribution in [0, 0.1) is 0 Å². The van der Waals surface area contributed by atoms with E-state index in [1.165, 1.54) is 0 Å². The molecule has 22 heavy (non-hydrogen) atoms. The molecule has 0 aromatic heterocycles. The smallest absolute Gasteiger partial charge is 0.262 e. The molecule has 0 atom stereocenters. The van der Waals surface area contributed by atoms with Gasteiger partial charge in [-0.25, -0.2) is 0 Å². The van der Waals surface area contributed by atoms with Gasteiger partial charge in [-0.2, -0.15) is 0 Å². The minimum atomic E-state index is -0.262. The van der Waals surface area contributed by atoms with Gasteiger partial charge < -0.3 is 14.8 Å². The molecule has 4 nitrogen and oxygen atoms in total. The third-order valence-corrected chi connectivity index (χ3v) is 3.00. The van der Waals surface area contributed by atoms with Crippen molar-refractivity contribution in [1.82, 2.24) is 0 Å². The first kappa shape index (κ1) is 16.2. The minimum Gasteiger partial charge on any atom is -0.491 e. The molecule has 2 rings (SSSR count). The van der Waals surface area contributed by atoms with Crippen LogP contribution in [0.15, 0.2) is 48.5 Å². The summed E-state index contributed by atoms with van der Waals surface area (Å²) in [4.78, 5) is 11.9. The van der Waals surface area contributed by atoms with Gasteiger partial charge >= 0.3 is 0 Å². The number of amides is 1. The minimum absolute atomic E-state index is 0.0782. The molecule has 0 aliphatic rings. The fourth-order valence-electron chi connectivity index (χ4n) is 1.82. The Kier molecular flexibility index (Phi) is 5.67. The van der Waals surface area contributed by atoms with Gasteiger partial charge in [0.15, 0.2) is 6.61 Å². The first-order chi connectivity index (χ1) is 10.5. The van der Waals surface area contributed by atoms with Gasteiger partial charge in [0.1, 0.15) is 11.5 Å². The van der Waals surface area contributed by atoms with Crippen LogP contribution >= 0.6 is 11.6 Å². The van der Waals surface area contributed by atoms with Gasteiger partial charge in [-0.05, 0) is 38.1 Å². The summed E-state index contributed by atoms with van der Waals surface area (Å²) in [7, 11) is 0. The number of rotatable bonds is 6. The number of hydrogen-bond donors (Lipinski definition) is 1. The molecule has 0 radical (unpaired) electrons. The Labute approximate surface area is 135 Å². The Balaban J connectivity index is 1.91. The van der Waals surface area contributed by atoms with Gasteiger partial charge in [-0.3, -0.25) is 4.79 Å². The molecule has 116 valence electrons. The van der Waals surface area contributed by atoms with E-state index < -0.39 is 0 Å². The van der Waals surface area contributed by atoms with E-state index in [4.69, 9.17) is 21.1 Å². The fraction of sp³-hybridized carbons (Fsp3) is 0.235. The summed E-state index contributed by atoms with van der Waals surface area (Å²) in [5.74, 6) is 0.928. The molecule has 0 aliphatic heterocycles. The molecule has 0 saturated carbocycles. The average molecular weight is 320 g/mol. The van der Waals surface area contributed by atoms with E-state index in [9.17, 15) is 4.79 Å². The second-order valence-electron chi connectivity index (χ2n) is 4.96. The third-order valence-electron chi connectivity index (χ3n) is 2.68. The van der Waals surface area contributed by atoms with E-state index >= 15 is 0 Å². The molecule has 0 heterocycles. The Morgan fingerprint density at radius 1 is 1.18 bits per heavy atom. The van der Waals surface area contributed by atoms with Crippen molar-refractivity contribution in [3.63, 3.8) is 0 Å². The van der Waals surface area contributed by atoms with E-state index in [1.54, 1.807) is 36.4 Å². The van der Waals surface area contributed by atoms with Crippen molar-refractivity contribution >= 4 is 23.2 Å². The summed E-state index contributed by atoms with van der Waals surface area (Å²) in [5, 5.41) is 3.23. The van der Waals surface area contributed by atoms with E-state index in [1.807, 2.05) is 26.0 Å². The lowest BCUT2D eigenvalue weighted by atomic mass is 10.3. The topological polar surface area (TPSA) is 47.6 Å². The monoisotopic (exact) mass is 319 g/mol. The number of ether oxygens (including phenoxy) is 2. The first-order valence-corrected chi connectivity index (χ1v) is 7.36. The van der Waals surface area contributed by atoms with Crippen molar-refractivity contribution in [2.75, 3.05) is 11.9 Å². The lowest BCUT2D eigenvalue weighted by Gasteiger charge is -2.12. The second kappa shape index (κ2) is 7.71. The van der Waals surface area contributed by atoms with Crippen LogP contribution in [0.3, 0.4) is 0 Å². The number of anilines is 1. The summed E-state index contributed by atoms with van der Waals surface area (Å²) in [6.07, 6.45) is 0.0782. The van der Waals surface area contributed by atoms with Crippen LogP contribution in [0.4, 0.5) is 5.69 Å². The molecule has 5 heteroatoms.